The fraction of sp³-hybridized carbons (Fsp3) is 0.346. The summed E-state index contributed by atoms with van der Waals surface area (Å²) < 4.78 is 27.5. The summed E-state index contributed by atoms with van der Waals surface area (Å²) in [6.07, 6.45) is 4.00. The number of hydrogen-bond donors (Lipinski definition) is 5. The molecule has 1 fully saturated rings. The molecule has 2 aromatic rings. The summed E-state index contributed by atoms with van der Waals surface area (Å²) in [6.45, 7) is 5.12. The third-order valence-corrected chi connectivity index (χ3v) is 6.96. The number of para-hydroxylation sites is 1. The molecule has 1 aliphatic rings. The van der Waals surface area contributed by atoms with Crippen molar-refractivity contribution in [2.24, 2.45) is 0 Å². The number of benzene rings is 1. The van der Waals surface area contributed by atoms with Crippen LogP contribution in [0.1, 0.15) is 26.7 Å². The van der Waals surface area contributed by atoms with E-state index in [9.17, 15) is 22.8 Å². The SMILES string of the molecule is CC(C)(CNc1ccc(S(=O)(=O)Nc2ccccc2)cn1)NCC(=O)N1CCC[C@H]1C#N.O=C(O)/C=C/C(=O)O. The van der Waals surface area contributed by atoms with Crippen LogP contribution >= 0.6 is 0 Å². The number of aliphatic carboxylic acids is 2. The van der Waals surface area contributed by atoms with Crippen LogP contribution in [0, 0.1) is 11.3 Å². The summed E-state index contributed by atoms with van der Waals surface area (Å²) in [4.78, 5) is 37.4. The lowest BCUT2D eigenvalue weighted by Crippen LogP contribution is -2.50. The summed E-state index contributed by atoms with van der Waals surface area (Å²) in [5, 5.41) is 31.1. The van der Waals surface area contributed by atoms with E-state index in [0.29, 0.717) is 36.7 Å². The van der Waals surface area contributed by atoms with Gasteiger partial charge in [-0.25, -0.2) is 23.0 Å². The van der Waals surface area contributed by atoms with Crippen LogP contribution in [0.4, 0.5) is 11.5 Å². The van der Waals surface area contributed by atoms with E-state index in [4.69, 9.17) is 15.5 Å². The zero-order valence-electron chi connectivity index (χ0n) is 22.1. The largest absolute Gasteiger partial charge is 0.478 e. The lowest BCUT2D eigenvalue weighted by molar-refractivity contribution is -0.134. The molecule has 1 aromatic carbocycles. The molecule has 0 radical (unpaired) electrons. The lowest BCUT2D eigenvalue weighted by Gasteiger charge is -2.28. The minimum Gasteiger partial charge on any atom is -0.478 e. The Balaban J connectivity index is 0.000000611. The van der Waals surface area contributed by atoms with E-state index < -0.39 is 27.5 Å². The van der Waals surface area contributed by atoms with E-state index in [-0.39, 0.29) is 23.4 Å². The number of pyridine rings is 1. The van der Waals surface area contributed by atoms with Crippen molar-refractivity contribution in [2.45, 2.75) is 43.2 Å². The lowest BCUT2D eigenvalue weighted by atomic mass is 10.1. The molecular formula is C26H32N6O7S. The van der Waals surface area contributed by atoms with E-state index in [1.165, 1.54) is 12.3 Å². The highest BCUT2D eigenvalue weighted by Crippen LogP contribution is 2.18. The van der Waals surface area contributed by atoms with Crippen molar-refractivity contribution in [3.63, 3.8) is 0 Å². The third-order valence-electron chi connectivity index (χ3n) is 5.59. The summed E-state index contributed by atoms with van der Waals surface area (Å²) in [5.74, 6) is -2.07. The molecule has 1 aliphatic heterocycles. The van der Waals surface area contributed by atoms with Crippen LogP contribution in [0.3, 0.4) is 0 Å². The summed E-state index contributed by atoms with van der Waals surface area (Å²) in [7, 11) is -3.72. The van der Waals surface area contributed by atoms with Crippen molar-refractivity contribution in [2.75, 3.05) is 29.7 Å². The van der Waals surface area contributed by atoms with Crippen molar-refractivity contribution in [3.05, 3.63) is 60.8 Å². The van der Waals surface area contributed by atoms with E-state index in [2.05, 4.69) is 26.4 Å². The van der Waals surface area contributed by atoms with Gasteiger partial charge in [0.2, 0.25) is 5.91 Å². The molecule has 1 amide bonds. The van der Waals surface area contributed by atoms with Gasteiger partial charge < -0.3 is 25.7 Å². The Morgan fingerprint density at radius 3 is 2.33 bits per heavy atom. The molecule has 3 rings (SSSR count). The van der Waals surface area contributed by atoms with E-state index in [1.807, 2.05) is 19.9 Å². The van der Waals surface area contributed by atoms with Crippen molar-refractivity contribution < 1.29 is 33.0 Å². The molecule has 1 atom stereocenters. The number of sulfonamides is 1. The van der Waals surface area contributed by atoms with Crippen molar-refractivity contribution in [3.8, 4) is 6.07 Å². The molecule has 1 saturated heterocycles. The average molecular weight is 573 g/mol. The maximum absolute atomic E-state index is 12.5. The monoisotopic (exact) mass is 572 g/mol. The number of amides is 1. The number of carbonyl (C=O) groups excluding carboxylic acids is 1. The highest BCUT2D eigenvalue weighted by molar-refractivity contribution is 7.92. The molecule has 0 aliphatic carbocycles. The number of carboxylic acid groups (broad SMARTS) is 2. The number of nitriles is 1. The molecule has 1 aromatic heterocycles. The van der Waals surface area contributed by atoms with Gasteiger partial charge in [0.05, 0.1) is 12.6 Å². The van der Waals surface area contributed by atoms with Gasteiger partial charge in [-0.3, -0.25) is 9.52 Å². The van der Waals surface area contributed by atoms with Crippen LogP contribution < -0.4 is 15.4 Å². The molecule has 0 unspecified atom stereocenters. The van der Waals surface area contributed by atoms with Crippen LogP contribution in [0.15, 0.2) is 65.7 Å². The first-order valence-corrected chi connectivity index (χ1v) is 13.7. The number of anilines is 2. The summed E-state index contributed by atoms with van der Waals surface area (Å²) >= 11 is 0. The molecule has 13 nitrogen and oxygen atoms in total. The Kier molecular flexibility index (Phi) is 11.6. The van der Waals surface area contributed by atoms with Gasteiger partial charge in [0.1, 0.15) is 16.8 Å². The Morgan fingerprint density at radius 2 is 1.77 bits per heavy atom. The van der Waals surface area contributed by atoms with Gasteiger partial charge in [0, 0.05) is 42.7 Å². The molecule has 0 bridgehead atoms. The van der Waals surface area contributed by atoms with Crippen molar-refractivity contribution in [1.82, 2.24) is 15.2 Å². The third kappa shape index (κ3) is 10.7. The minimum atomic E-state index is -3.72. The summed E-state index contributed by atoms with van der Waals surface area (Å²) in [6, 6.07) is 13.6. The number of nitrogens with one attached hydrogen (secondary N) is 3. The van der Waals surface area contributed by atoms with Gasteiger partial charge in [-0.2, -0.15) is 5.26 Å². The first kappa shape index (κ1) is 31.7. The van der Waals surface area contributed by atoms with Gasteiger partial charge in [0.15, 0.2) is 0 Å². The number of carboxylic acids is 2. The van der Waals surface area contributed by atoms with E-state index in [0.717, 1.165) is 12.8 Å². The predicted octanol–water partition coefficient (Wildman–Crippen LogP) is 1.89. The Labute approximate surface area is 232 Å². The van der Waals surface area contributed by atoms with Crippen molar-refractivity contribution >= 4 is 39.4 Å². The molecular weight excluding hydrogens is 540 g/mol. The predicted molar refractivity (Wildman–Crippen MR) is 147 cm³/mol. The van der Waals surface area contributed by atoms with E-state index in [1.54, 1.807) is 35.2 Å². The van der Waals surface area contributed by atoms with Gasteiger partial charge in [-0.1, -0.05) is 18.2 Å². The number of carbonyl (C=O) groups is 3. The van der Waals surface area contributed by atoms with Crippen LogP contribution in [-0.4, -0.2) is 77.6 Å². The van der Waals surface area contributed by atoms with Gasteiger partial charge in [-0.05, 0) is 51.0 Å². The van der Waals surface area contributed by atoms with Crippen LogP contribution in [0.25, 0.3) is 0 Å². The molecule has 0 spiro atoms. The standard InChI is InChI=1S/C22H28N6O3S.C4H4O4/c1-22(2,26-15-21(29)28-12-6-9-18(28)13-23)16-25-20-11-10-19(14-24-20)32(30,31)27-17-7-4-3-5-8-17;5-3(6)1-2-4(7)8/h3-5,7-8,10-11,14,18,26-27H,6,9,12,15-16H2,1-2H3,(H,24,25);1-2H,(H,5,6)(H,7,8)/b;2-1+/t18-;/m0./s1. The number of aromatic nitrogens is 1. The number of likely N-dealkylation sites (tertiary alicyclic amines) is 1. The average Bonchev–Trinajstić information content (AvgIpc) is 3.40. The van der Waals surface area contributed by atoms with Crippen molar-refractivity contribution in [1.29, 1.82) is 5.26 Å². The molecule has 214 valence electrons. The smallest absolute Gasteiger partial charge is 0.328 e. The van der Waals surface area contributed by atoms with Crippen LogP contribution in [0.5, 0.6) is 0 Å². The molecule has 40 heavy (non-hydrogen) atoms. The number of rotatable bonds is 11. The second-order valence-electron chi connectivity index (χ2n) is 9.33. The number of hydrogen-bond acceptors (Lipinski definition) is 9. The Hall–Kier alpha value is -4.48. The molecule has 14 heteroatoms. The highest BCUT2D eigenvalue weighted by atomic mass is 32.2. The Morgan fingerprint density at radius 1 is 1.12 bits per heavy atom. The fourth-order valence-corrected chi connectivity index (χ4v) is 4.50. The minimum absolute atomic E-state index is 0.0625. The summed E-state index contributed by atoms with van der Waals surface area (Å²) in [5.41, 5.74) is 0.0471. The van der Waals surface area contributed by atoms with Gasteiger partial charge in [-0.15, -0.1) is 0 Å². The quantitative estimate of drug-likeness (QED) is 0.246. The zero-order chi connectivity index (χ0) is 29.8. The van der Waals surface area contributed by atoms with Gasteiger partial charge >= 0.3 is 11.9 Å². The highest BCUT2D eigenvalue weighted by Gasteiger charge is 2.29. The van der Waals surface area contributed by atoms with Crippen LogP contribution in [0.2, 0.25) is 0 Å². The van der Waals surface area contributed by atoms with Gasteiger partial charge in [0.25, 0.3) is 10.0 Å². The first-order valence-electron chi connectivity index (χ1n) is 12.2. The fourth-order valence-electron chi connectivity index (χ4n) is 3.50. The molecule has 5 N–H and O–H groups in total. The normalized spacial score (nSPS) is 15.0. The zero-order valence-corrected chi connectivity index (χ0v) is 22.9. The van der Waals surface area contributed by atoms with Crippen LogP contribution in [-0.2, 0) is 24.4 Å². The molecule has 2 heterocycles. The second-order valence-corrected chi connectivity index (χ2v) is 11.0. The van der Waals surface area contributed by atoms with E-state index >= 15 is 0 Å². The number of nitrogens with zero attached hydrogens (tertiary/aromatic N) is 3. The topological polar surface area (TPSA) is 202 Å². The first-order chi connectivity index (χ1) is 18.8. The maximum atomic E-state index is 12.5. The molecule has 0 saturated carbocycles. The Bertz CT molecular complexity index is 1320. The maximum Gasteiger partial charge on any atom is 0.328 e. The second kappa shape index (κ2) is 14.6.